The molecule has 6 nitrogen and oxygen atoms in total. The summed E-state index contributed by atoms with van der Waals surface area (Å²) in [6.45, 7) is 2.29. The third kappa shape index (κ3) is 3.54. The Balaban J connectivity index is 1.69. The fourth-order valence-electron chi connectivity index (χ4n) is 3.31. The van der Waals surface area contributed by atoms with Crippen LogP contribution in [0.3, 0.4) is 0 Å². The number of imidazole rings is 1. The van der Waals surface area contributed by atoms with E-state index in [0.717, 1.165) is 18.9 Å². The number of anilines is 1. The van der Waals surface area contributed by atoms with E-state index in [9.17, 15) is 18.4 Å². The molecule has 0 spiro atoms. The molecule has 28 heavy (non-hydrogen) atoms. The summed E-state index contributed by atoms with van der Waals surface area (Å²) in [5.41, 5.74) is 0.939. The van der Waals surface area contributed by atoms with Crippen LogP contribution in [0, 0.1) is 17.2 Å². The first kappa shape index (κ1) is 18.7. The third-order valence-electron chi connectivity index (χ3n) is 5.06. The molecule has 0 aliphatic heterocycles. The second-order valence-corrected chi connectivity index (χ2v) is 8.11. The monoisotopic (exact) mass is 406 g/mol. The first-order chi connectivity index (χ1) is 13.3. The van der Waals surface area contributed by atoms with Gasteiger partial charge in [0.15, 0.2) is 11.5 Å². The van der Waals surface area contributed by atoms with Crippen molar-refractivity contribution in [2.45, 2.75) is 44.9 Å². The normalized spacial score (nSPS) is 16.0. The minimum absolute atomic E-state index is 0.0107. The van der Waals surface area contributed by atoms with Crippen LogP contribution in [0.4, 0.5) is 19.0 Å². The lowest BCUT2D eigenvalue weighted by molar-refractivity contribution is -0.134. The van der Waals surface area contributed by atoms with Gasteiger partial charge in [0.25, 0.3) is 0 Å². The van der Waals surface area contributed by atoms with Gasteiger partial charge in [0.2, 0.25) is 5.82 Å². The molecule has 1 N–H and O–H groups in total. The Morgan fingerprint density at radius 1 is 1.36 bits per heavy atom. The van der Waals surface area contributed by atoms with Gasteiger partial charge in [-0.15, -0.1) is 11.3 Å². The molecule has 1 atom stereocenters. The van der Waals surface area contributed by atoms with Gasteiger partial charge >= 0.3 is 6.18 Å². The molecule has 0 saturated heterocycles. The molecule has 0 amide bonds. The Morgan fingerprint density at radius 3 is 2.75 bits per heavy atom. The van der Waals surface area contributed by atoms with Crippen molar-refractivity contribution in [2.75, 3.05) is 5.32 Å². The van der Waals surface area contributed by atoms with Crippen molar-refractivity contribution in [3.63, 3.8) is 0 Å². The molecule has 3 aromatic rings. The zero-order valence-electron chi connectivity index (χ0n) is 15.0. The minimum Gasteiger partial charge on any atom is -0.365 e. The van der Waals surface area contributed by atoms with E-state index in [1.807, 2.05) is 6.07 Å². The Kier molecular flexibility index (Phi) is 4.71. The summed E-state index contributed by atoms with van der Waals surface area (Å²) in [7, 11) is 0. The van der Waals surface area contributed by atoms with E-state index in [0.29, 0.717) is 39.1 Å². The molecule has 1 unspecified atom stereocenters. The lowest BCUT2D eigenvalue weighted by atomic mass is 9.80. The maximum Gasteiger partial charge on any atom is 0.425 e. The third-order valence-corrected chi connectivity index (χ3v) is 6.18. The molecule has 1 fully saturated rings. The summed E-state index contributed by atoms with van der Waals surface area (Å²) in [5, 5.41) is 12.6. The SMILES string of the molecule is CC(Nc1nc(C#N)nc2ncn(Cc3ccc(C(F)(F)F)s3)c12)C1CCC1. The Labute approximate surface area is 163 Å². The number of fused-ring (bicyclic) bond motifs is 1. The average Bonchev–Trinajstić information content (AvgIpc) is 3.20. The smallest absolute Gasteiger partial charge is 0.365 e. The van der Waals surface area contributed by atoms with Crippen molar-refractivity contribution in [1.29, 1.82) is 5.26 Å². The molecular weight excluding hydrogens is 389 g/mol. The first-order valence-corrected chi connectivity index (χ1v) is 9.72. The number of halogens is 3. The van der Waals surface area contributed by atoms with E-state index >= 15 is 0 Å². The molecule has 10 heteroatoms. The fraction of sp³-hybridized carbons (Fsp3) is 0.444. The molecule has 1 aliphatic rings. The van der Waals surface area contributed by atoms with Crippen molar-refractivity contribution in [2.24, 2.45) is 5.92 Å². The van der Waals surface area contributed by atoms with Crippen molar-refractivity contribution in [1.82, 2.24) is 19.5 Å². The average molecular weight is 406 g/mol. The van der Waals surface area contributed by atoms with E-state index in [-0.39, 0.29) is 18.4 Å². The van der Waals surface area contributed by atoms with Crippen LogP contribution < -0.4 is 5.32 Å². The number of alkyl halides is 3. The van der Waals surface area contributed by atoms with Gasteiger partial charge in [-0.2, -0.15) is 28.4 Å². The van der Waals surface area contributed by atoms with Crippen LogP contribution in [0.5, 0.6) is 0 Å². The maximum atomic E-state index is 12.9. The fourth-order valence-corrected chi connectivity index (χ4v) is 4.18. The van der Waals surface area contributed by atoms with Crippen molar-refractivity contribution >= 4 is 28.3 Å². The maximum absolute atomic E-state index is 12.9. The summed E-state index contributed by atoms with van der Waals surface area (Å²) in [6.07, 6.45) is 0.657. The standard InChI is InChI=1S/C18H17F3N6S/c1-10(11-3-2-4-11)24-17-15-16(25-14(7-22)26-17)23-9-27(15)8-12-5-6-13(28-12)18(19,20)21/h5-6,9-11H,2-4,8H2,1H3,(H,24,25,26). The summed E-state index contributed by atoms with van der Waals surface area (Å²) in [5.74, 6) is 1.04. The highest BCUT2D eigenvalue weighted by atomic mass is 32.1. The van der Waals surface area contributed by atoms with Crippen LogP contribution in [0.25, 0.3) is 11.2 Å². The predicted octanol–water partition coefficient (Wildman–Crippen LogP) is 4.43. The van der Waals surface area contributed by atoms with Crippen LogP contribution in [0.2, 0.25) is 0 Å². The lowest BCUT2D eigenvalue weighted by Gasteiger charge is -2.32. The molecule has 0 bridgehead atoms. The van der Waals surface area contributed by atoms with Gasteiger partial charge in [-0.3, -0.25) is 0 Å². The van der Waals surface area contributed by atoms with Crippen LogP contribution in [0.15, 0.2) is 18.5 Å². The van der Waals surface area contributed by atoms with Gasteiger partial charge in [-0.05, 0) is 37.8 Å². The van der Waals surface area contributed by atoms with Gasteiger partial charge in [-0.25, -0.2) is 4.98 Å². The molecule has 4 rings (SSSR count). The summed E-state index contributed by atoms with van der Waals surface area (Å²) in [6, 6.07) is 4.65. The van der Waals surface area contributed by atoms with Crippen LogP contribution in [0.1, 0.15) is 41.8 Å². The number of hydrogen-bond donors (Lipinski definition) is 1. The summed E-state index contributed by atoms with van der Waals surface area (Å²) < 4.78 is 40.3. The van der Waals surface area contributed by atoms with E-state index < -0.39 is 11.1 Å². The number of nitrogens with zero attached hydrogens (tertiary/aromatic N) is 5. The highest BCUT2D eigenvalue weighted by Crippen LogP contribution is 2.35. The zero-order valence-corrected chi connectivity index (χ0v) is 15.8. The largest absolute Gasteiger partial charge is 0.425 e. The number of nitriles is 1. The van der Waals surface area contributed by atoms with E-state index in [1.165, 1.54) is 18.8 Å². The summed E-state index contributed by atoms with van der Waals surface area (Å²) >= 11 is 0.704. The van der Waals surface area contributed by atoms with Crippen LogP contribution in [-0.4, -0.2) is 25.6 Å². The zero-order chi connectivity index (χ0) is 19.9. The Morgan fingerprint density at radius 2 is 2.14 bits per heavy atom. The van der Waals surface area contributed by atoms with Crippen molar-refractivity contribution in [3.8, 4) is 6.07 Å². The highest BCUT2D eigenvalue weighted by molar-refractivity contribution is 7.12. The lowest BCUT2D eigenvalue weighted by Crippen LogP contribution is -2.31. The van der Waals surface area contributed by atoms with Crippen molar-refractivity contribution in [3.05, 3.63) is 34.0 Å². The minimum atomic E-state index is -4.35. The predicted molar refractivity (Wildman–Crippen MR) is 98.9 cm³/mol. The quantitative estimate of drug-likeness (QED) is 0.678. The molecule has 0 radical (unpaired) electrons. The van der Waals surface area contributed by atoms with Gasteiger partial charge in [0.05, 0.1) is 12.9 Å². The van der Waals surface area contributed by atoms with Gasteiger partial charge in [-0.1, -0.05) is 6.42 Å². The molecule has 146 valence electrons. The molecular formula is C18H17F3N6S. The second-order valence-electron chi connectivity index (χ2n) is 6.94. The highest BCUT2D eigenvalue weighted by Gasteiger charge is 2.32. The topological polar surface area (TPSA) is 79.4 Å². The second kappa shape index (κ2) is 7.05. The number of hydrogen-bond acceptors (Lipinski definition) is 6. The number of aromatic nitrogens is 4. The molecule has 1 saturated carbocycles. The van der Waals surface area contributed by atoms with Gasteiger partial charge in [0.1, 0.15) is 16.5 Å². The van der Waals surface area contributed by atoms with E-state index in [1.54, 1.807) is 4.57 Å². The molecule has 3 heterocycles. The van der Waals surface area contributed by atoms with Crippen LogP contribution >= 0.6 is 11.3 Å². The van der Waals surface area contributed by atoms with Crippen LogP contribution in [-0.2, 0) is 12.7 Å². The number of nitrogens with one attached hydrogen (secondary N) is 1. The van der Waals surface area contributed by atoms with Gasteiger partial charge in [0, 0.05) is 10.9 Å². The van der Waals surface area contributed by atoms with E-state index in [2.05, 4.69) is 27.2 Å². The molecule has 1 aliphatic carbocycles. The Bertz CT molecular complexity index is 1040. The Hall–Kier alpha value is -2.67. The first-order valence-electron chi connectivity index (χ1n) is 8.90. The van der Waals surface area contributed by atoms with Crippen molar-refractivity contribution < 1.29 is 13.2 Å². The number of thiophene rings is 1. The number of rotatable bonds is 5. The summed E-state index contributed by atoms with van der Waals surface area (Å²) in [4.78, 5) is 12.6. The molecule has 3 aromatic heterocycles. The molecule has 0 aromatic carbocycles. The van der Waals surface area contributed by atoms with E-state index in [4.69, 9.17) is 0 Å². The van der Waals surface area contributed by atoms with Gasteiger partial charge < -0.3 is 9.88 Å².